The van der Waals surface area contributed by atoms with E-state index in [1.807, 2.05) is 0 Å². The maximum absolute atomic E-state index is 12.4. The number of benzene rings is 1. The van der Waals surface area contributed by atoms with Gasteiger partial charge in [-0.15, -0.1) is 0 Å². The number of aliphatic carboxylic acids is 1. The Kier molecular flexibility index (Phi) is 5.12. The van der Waals surface area contributed by atoms with Gasteiger partial charge in [0.2, 0.25) is 5.91 Å². The highest BCUT2D eigenvalue weighted by atomic mass is 19.4. The van der Waals surface area contributed by atoms with Gasteiger partial charge in [0.05, 0.1) is 5.56 Å². The Morgan fingerprint density at radius 2 is 1.80 bits per heavy atom. The zero-order valence-electron chi connectivity index (χ0n) is 10.7. The number of carboxylic acid groups (broad SMARTS) is 1. The second-order valence-corrected chi connectivity index (χ2v) is 4.32. The first-order valence-electron chi connectivity index (χ1n) is 5.86. The number of nitrogens with one attached hydrogen (secondary N) is 1. The van der Waals surface area contributed by atoms with E-state index in [4.69, 9.17) is 5.11 Å². The average molecular weight is 289 g/mol. The van der Waals surface area contributed by atoms with Crippen LogP contribution in [0.15, 0.2) is 24.3 Å². The number of hydrogen-bond acceptors (Lipinski definition) is 2. The summed E-state index contributed by atoms with van der Waals surface area (Å²) in [6.45, 7) is 1.20. The van der Waals surface area contributed by atoms with Crippen molar-refractivity contribution in [2.75, 3.05) is 0 Å². The molecule has 0 aliphatic rings. The Hall–Kier alpha value is -2.05. The Balaban J connectivity index is 2.64. The molecule has 0 saturated heterocycles. The molecule has 1 aromatic rings. The first-order valence-corrected chi connectivity index (χ1v) is 5.86. The molecule has 0 fully saturated rings. The normalized spacial score (nSPS) is 12.8. The number of carboxylic acids is 1. The standard InChI is InChI=1S/C13H14F3NO3/c1-8(18)17-11(12(19)20)7-4-9-2-5-10(6-3-9)13(14,15)16/h2-3,5-6,11H,4,7H2,1H3,(H,17,18)(H,19,20). The molecule has 0 aliphatic heterocycles. The van der Waals surface area contributed by atoms with Gasteiger partial charge in [-0.3, -0.25) is 4.79 Å². The van der Waals surface area contributed by atoms with Crippen LogP contribution >= 0.6 is 0 Å². The molecule has 0 radical (unpaired) electrons. The molecule has 1 aromatic carbocycles. The first-order chi connectivity index (χ1) is 9.20. The zero-order chi connectivity index (χ0) is 15.3. The van der Waals surface area contributed by atoms with Gasteiger partial charge < -0.3 is 10.4 Å². The van der Waals surface area contributed by atoms with Crippen molar-refractivity contribution in [2.24, 2.45) is 0 Å². The van der Waals surface area contributed by atoms with Gasteiger partial charge in [-0.2, -0.15) is 13.2 Å². The third kappa shape index (κ3) is 4.91. The lowest BCUT2D eigenvalue weighted by Crippen LogP contribution is -2.39. The van der Waals surface area contributed by atoms with Crippen LogP contribution in [0.1, 0.15) is 24.5 Å². The molecule has 0 aromatic heterocycles. The minimum atomic E-state index is -4.39. The summed E-state index contributed by atoms with van der Waals surface area (Å²) in [5.74, 6) is -1.64. The number of carbonyl (C=O) groups is 2. The second-order valence-electron chi connectivity index (χ2n) is 4.32. The van der Waals surface area contributed by atoms with E-state index in [0.717, 1.165) is 12.1 Å². The van der Waals surface area contributed by atoms with Crippen LogP contribution in [0, 0.1) is 0 Å². The molecule has 7 heteroatoms. The highest BCUT2D eigenvalue weighted by Gasteiger charge is 2.29. The Morgan fingerprint density at radius 1 is 1.25 bits per heavy atom. The van der Waals surface area contributed by atoms with Crippen molar-refractivity contribution in [2.45, 2.75) is 32.0 Å². The zero-order valence-corrected chi connectivity index (χ0v) is 10.7. The minimum Gasteiger partial charge on any atom is -0.480 e. The number of alkyl halides is 3. The lowest BCUT2D eigenvalue weighted by molar-refractivity contribution is -0.141. The molecule has 1 atom stereocenters. The molecule has 1 amide bonds. The van der Waals surface area contributed by atoms with Crippen LogP contribution in [0.25, 0.3) is 0 Å². The molecule has 2 N–H and O–H groups in total. The van der Waals surface area contributed by atoms with E-state index in [-0.39, 0.29) is 12.8 Å². The Labute approximate surface area is 113 Å². The van der Waals surface area contributed by atoms with Crippen LogP contribution in [-0.2, 0) is 22.2 Å². The summed E-state index contributed by atoms with van der Waals surface area (Å²) in [5, 5.41) is 11.2. The van der Waals surface area contributed by atoms with Crippen molar-refractivity contribution in [3.05, 3.63) is 35.4 Å². The van der Waals surface area contributed by atoms with E-state index in [1.165, 1.54) is 19.1 Å². The molecule has 0 spiro atoms. The number of aryl methyl sites for hydroxylation is 1. The molecule has 20 heavy (non-hydrogen) atoms. The van der Waals surface area contributed by atoms with Crippen LogP contribution in [0.5, 0.6) is 0 Å². The molecule has 110 valence electrons. The summed E-state index contributed by atoms with van der Waals surface area (Å²) >= 11 is 0. The summed E-state index contributed by atoms with van der Waals surface area (Å²) in [7, 11) is 0. The maximum atomic E-state index is 12.4. The second kappa shape index (κ2) is 6.40. The van der Waals surface area contributed by atoms with Gasteiger partial charge in [0.25, 0.3) is 0 Å². The molecular formula is C13H14F3NO3. The fourth-order valence-corrected chi connectivity index (χ4v) is 1.67. The lowest BCUT2D eigenvalue weighted by atomic mass is 10.0. The van der Waals surface area contributed by atoms with Crippen molar-refractivity contribution in [3.8, 4) is 0 Å². The predicted octanol–water partition coefficient (Wildman–Crippen LogP) is 2.23. The first kappa shape index (κ1) is 16.0. The van der Waals surface area contributed by atoms with Crippen molar-refractivity contribution in [1.29, 1.82) is 0 Å². The molecule has 0 saturated carbocycles. The summed E-state index contributed by atoms with van der Waals surface area (Å²) < 4.78 is 37.1. The fourth-order valence-electron chi connectivity index (χ4n) is 1.67. The predicted molar refractivity (Wildman–Crippen MR) is 65.0 cm³/mol. The van der Waals surface area contributed by atoms with Crippen molar-refractivity contribution >= 4 is 11.9 Å². The highest BCUT2D eigenvalue weighted by molar-refractivity contribution is 5.82. The summed E-state index contributed by atoms with van der Waals surface area (Å²) in [5.41, 5.74) is -0.174. The average Bonchev–Trinajstić information content (AvgIpc) is 2.33. The van der Waals surface area contributed by atoms with Crippen LogP contribution in [-0.4, -0.2) is 23.0 Å². The largest absolute Gasteiger partial charge is 0.480 e. The van der Waals surface area contributed by atoms with Crippen molar-refractivity contribution < 1.29 is 27.9 Å². The number of hydrogen-bond donors (Lipinski definition) is 2. The smallest absolute Gasteiger partial charge is 0.416 e. The van der Waals surface area contributed by atoms with Gasteiger partial charge in [0.15, 0.2) is 0 Å². The van der Waals surface area contributed by atoms with Gasteiger partial charge in [0.1, 0.15) is 6.04 Å². The third-order valence-corrected chi connectivity index (χ3v) is 2.68. The van der Waals surface area contributed by atoms with Gasteiger partial charge in [-0.1, -0.05) is 12.1 Å². The topological polar surface area (TPSA) is 66.4 Å². The number of amides is 1. The number of carbonyl (C=O) groups excluding carboxylic acids is 1. The van der Waals surface area contributed by atoms with Crippen molar-refractivity contribution in [1.82, 2.24) is 5.32 Å². The number of halogens is 3. The SMILES string of the molecule is CC(=O)NC(CCc1ccc(C(F)(F)F)cc1)C(=O)O. The van der Waals surface area contributed by atoms with Crippen LogP contribution in [0.2, 0.25) is 0 Å². The summed E-state index contributed by atoms with van der Waals surface area (Å²) in [6, 6.07) is 3.45. The molecule has 1 unspecified atom stereocenters. The fraction of sp³-hybridized carbons (Fsp3) is 0.385. The van der Waals surface area contributed by atoms with Crippen LogP contribution in [0.3, 0.4) is 0 Å². The molecular weight excluding hydrogens is 275 g/mol. The van der Waals surface area contributed by atoms with Gasteiger partial charge in [-0.25, -0.2) is 4.79 Å². The lowest BCUT2D eigenvalue weighted by Gasteiger charge is -2.13. The van der Waals surface area contributed by atoms with E-state index in [0.29, 0.717) is 5.56 Å². The van der Waals surface area contributed by atoms with E-state index in [2.05, 4.69) is 5.32 Å². The van der Waals surface area contributed by atoms with Crippen molar-refractivity contribution in [3.63, 3.8) is 0 Å². The number of rotatable bonds is 5. The minimum absolute atomic E-state index is 0.111. The maximum Gasteiger partial charge on any atom is 0.416 e. The van der Waals surface area contributed by atoms with Crippen LogP contribution in [0.4, 0.5) is 13.2 Å². The molecule has 4 nitrogen and oxygen atoms in total. The monoisotopic (exact) mass is 289 g/mol. The van der Waals surface area contributed by atoms with E-state index in [9.17, 15) is 22.8 Å². The quantitative estimate of drug-likeness (QED) is 0.873. The summed E-state index contributed by atoms with van der Waals surface area (Å²) in [6.07, 6.45) is -4.02. The molecule has 1 rings (SSSR count). The van der Waals surface area contributed by atoms with E-state index in [1.54, 1.807) is 0 Å². The third-order valence-electron chi connectivity index (χ3n) is 2.68. The van der Waals surface area contributed by atoms with E-state index >= 15 is 0 Å². The molecule has 0 aliphatic carbocycles. The summed E-state index contributed by atoms with van der Waals surface area (Å²) in [4.78, 5) is 21.7. The molecule has 0 bridgehead atoms. The van der Waals surface area contributed by atoms with Crippen LogP contribution < -0.4 is 5.32 Å². The van der Waals surface area contributed by atoms with Gasteiger partial charge >= 0.3 is 12.1 Å². The van der Waals surface area contributed by atoms with Gasteiger partial charge in [-0.05, 0) is 30.5 Å². The van der Waals surface area contributed by atoms with E-state index < -0.39 is 29.7 Å². The molecule has 0 heterocycles. The Bertz CT molecular complexity index is 483. The highest BCUT2D eigenvalue weighted by Crippen LogP contribution is 2.29. The Morgan fingerprint density at radius 3 is 2.20 bits per heavy atom. The van der Waals surface area contributed by atoms with Gasteiger partial charge in [0, 0.05) is 6.92 Å².